The predicted octanol–water partition coefficient (Wildman–Crippen LogP) is 3.13. The lowest BCUT2D eigenvalue weighted by Crippen LogP contribution is -2.44. The lowest BCUT2D eigenvalue weighted by Gasteiger charge is -2.42. The number of hydrogen-bond acceptors (Lipinski definition) is 3. The number of likely N-dealkylation sites (tertiary alicyclic amines) is 2. The van der Waals surface area contributed by atoms with E-state index >= 15 is 0 Å². The topological polar surface area (TPSA) is 15.7 Å². The molecular weight excluding hydrogens is 296 g/mol. The summed E-state index contributed by atoms with van der Waals surface area (Å²) in [5.41, 5.74) is 1.71. The third kappa shape index (κ3) is 3.33. The Morgan fingerprint density at radius 3 is 2.68 bits per heavy atom. The Morgan fingerprint density at radius 2 is 2.00 bits per heavy atom. The highest BCUT2D eigenvalue weighted by Gasteiger charge is 2.46. The summed E-state index contributed by atoms with van der Waals surface area (Å²) in [6.07, 6.45) is 2.55. The number of halogens is 1. The minimum absolute atomic E-state index is 0.460. The Bertz CT molecular complexity index is 500. The van der Waals surface area contributed by atoms with Gasteiger partial charge in [-0.1, -0.05) is 29.8 Å². The fraction of sp³-hybridized carbons (Fsp3) is 0.667. The molecule has 0 amide bonds. The van der Waals surface area contributed by atoms with Gasteiger partial charge in [0.05, 0.1) is 6.61 Å². The molecule has 0 radical (unpaired) electrons. The van der Waals surface area contributed by atoms with E-state index in [0.29, 0.717) is 11.3 Å². The first-order chi connectivity index (χ1) is 10.6. The van der Waals surface area contributed by atoms with Crippen molar-refractivity contribution in [2.24, 2.45) is 11.3 Å². The SMILES string of the molecule is COC[C@@H]1CN(C)CC12CCN(Cc1ccccc1Cl)CC2. The van der Waals surface area contributed by atoms with Gasteiger partial charge >= 0.3 is 0 Å². The molecule has 2 aliphatic heterocycles. The molecule has 2 fully saturated rings. The first-order valence-electron chi connectivity index (χ1n) is 8.26. The Kier molecular flexibility index (Phi) is 5.08. The molecular formula is C18H27ClN2O. The maximum Gasteiger partial charge on any atom is 0.0508 e. The van der Waals surface area contributed by atoms with E-state index < -0.39 is 0 Å². The minimum Gasteiger partial charge on any atom is -0.384 e. The van der Waals surface area contributed by atoms with Crippen molar-refractivity contribution >= 4 is 11.6 Å². The van der Waals surface area contributed by atoms with Crippen LogP contribution in [0.25, 0.3) is 0 Å². The summed E-state index contributed by atoms with van der Waals surface area (Å²) in [7, 11) is 4.08. The molecule has 0 aromatic heterocycles. The van der Waals surface area contributed by atoms with Crippen LogP contribution < -0.4 is 0 Å². The highest BCUT2D eigenvalue weighted by atomic mass is 35.5. The molecule has 0 aliphatic carbocycles. The molecule has 2 aliphatic rings. The summed E-state index contributed by atoms with van der Waals surface area (Å²) in [6.45, 7) is 6.60. The van der Waals surface area contributed by atoms with E-state index in [-0.39, 0.29) is 0 Å². The lowest BCUT2D eigenvalue weighted by atomic mass is 9.71. The molecule has 0 unspecified atom stereocenters. The summed E-state index contributed by atoms with van der Waals surface area (Å²) < 4.78 is 5.48. The zero-order chi connectivity index (χ0) is 15.6. The van der Waals surface area contributed by atoms with Crippen LogP contribution in [0.15, 0.2) is 24.3 Å². The molecule has 1 atom stereocenters. The number of rotatable bonds is 4. The Morgan fingerprint density at radius 1 is 1.27 bits per heavy atom. The average Bonchev–Trinajstić information content (AvgIpc) is 2.80. The van der Waals surface area contributed by atoms with Gasteiger partial charge in [-0.05, 0) is 50.0 Å². The molecule has 122 valence electrons. The molecule has 1 spiro atoms. The predicted molar refractivity (Wildman–Crippen MR) is 91.3 cm³/mol. The van der Waals surface area contributed by atoms with Gasteiger partial charge in [-0.2, -0.15) is 0 Å². The maximum absolute atomic E-state index is 6.30. The standard InChI is InChI=1S/C18H27ClN2O/c1-20-12-16(13-22-2)18(14-20)7-9-21(10-8-18)11-15-5-3-4-6-17(15)19/h3-6,16H,7-14H2,1-2H3/t16-/m0/s1. The van der Waals surface area contributed by atoms with Crippen molar-refractivity contribution < 1.29 is 4.74 Å². The maximum atomic E-state index is 6.30. The molecule has 1 aromatic carbocycles. The average molecular weight is 323 g/mol. The van der Waals surface area contributed by atoms with Gasteiger partial charge in [-0.3, -0.25) is 4.90 Å². The number of ether oxygens (including phenoxy) is 1. The fourth-order valence-electron chi connectivity index (χ4n) is 4.32. The summed E-state index contributed by atoms with van der Waals surface area (Å²) in [5.74, 6) is 0.685. The summed E-state index contributed by atoms with van der Waals surface area (Å²) in [6, 6.07) is 8.21. The van der Waals surface area contributed by atoms with Crippen molar-refractivity contribution in [1.82, 2.24) is 9.80 Å². The fourth-order valence-corrected chi connectivity index (χ4v) is 4.52. The zero-order valence-corrected chi connectivity index (χ0v) is 14.5. The summed E-state index contributed by atoms with van der Waals surface area (Å²) in [5, 5.41) is 0.889. The van der Waals surface area contributed by atoms with Gasteiger partial charge < -0.3 is 9.64 Å². The highest BCUT2D eigenvalue weighted by Crippen LogP contribution is 2.44. The zero-order valence-electron chi connectivity index (χ0n) is 13.7. The first-order valence-corrected chi connectivity index (χ1v) is 8.64. The second-order valence-electron chi connectivity index (χ2n) is 7.08. The van der Waals surface area contributed by atoms with Crippen molar-refractivity contribution in [3.63, 3.8) is 0 Å². The third-order valence-corrected chi connectivity index (χ3v) is 5.92. The Hall–Kier alpha value is -0.610. The molecule has 4 heteroatoms. The number of benzene rings is 1. The molecule has 2 saturated heterocycles. The van der Waals surface area contributed by atoms with Crippen LogP contribution in [0, 0.1) is 11.3 Å². The first kappa shape index (κ1) is 16.3. The quantitative estimate of drug-likeness (QED) is 0.847. The highest BCUT2D eigenvalue weighted by molar-refractivity contribution is 6.31. The van der Waals surface area contributed by atoms with E-state index in [9.17, 15) is 0 Å². The van der Waals surface area contributed by atoms with Gasteiger partial charge in [0.2, 0.25) is 0 Å². The lowest BCUT2D eigenvalue weighted by molar-refractivity contribution is 0.0354. The van der Waals surface area contributed by atoms with E-state index in [2.05, 4.69) is 29.0 Å². The van der Waals surface area contributed by atoms with Gasteiger partial charge in [0.25, 0.3) is 0 Å². The van der Waals surface area contributed by atoms with Crippen LogP contribution in [0.1, 0.15) is 18.4 Å². The number of nitrogens with zero attached hydrogens (tertiary/aromatic N) is 2. The van der Waals surface area contributed by atoms with E-state index in [1.165, 1.54) is 44.6 Å². The van der Waals surface area contributed by atoms with Crippen molar-refractivity contribution in [2.75, 3.05) is 46.9 Å². The molecule has 3 nitrogen and oxygen atoms in total. The molecule has 2 heterocycles. The second kappa shape index (κ2) is 6.88. The van der Waals surface area contributed by atoms with Crippen LogP contribution >= 0.6 is 11.6 Å². The Balaban J connectivity index is 1.61. The van der Waals surface area contributed by atoms with Crippen molar-refractivity contribution in [3.8, 4) is 0 Å². The van der Waals surface area contributed by atoms with Crippen molar-refractivity contribution in [2.45, 2.75) is 19.4 Å². The third-order valence-electron chi connectivity index (χ3n) is 5.55. The minimum atomic E-state index is 0.460. The number of methoxy groups -OCH3 is 1. The summed E-state index contributed by atoms with van der Waals surface area (Å²) in [4.78, 5) is 5.03. The summed E-state index contributed by atoms with van der Waals surface area (Å²) >= 11 is 6.30. The van der Waals surface area contributed by atoms with Gasteiger partial charge in [0.1, 0.15) is 0 Å². The van der Waals surface area contributed by atoms with Gasteiger partial charge in [0.15, 0.2) is 0 Å². The van der Waals surface area contributed by atoms with Crippen LogP contribution in [0.5, 0.6) is 0 Å². The smallest absolute Gasteiger partial charge is 0.0508 e. The van der Waals surface area contributed by atoms with Crippen molar-refractivity contribution in [1.29, 1.82) is 0 Å². The van der Waals surface area contributed by atoms with E-state index in [4.69, 9.17) is 16.3 Å². The number of piperidine rings is 1. The van der Waals surface area contributed by atoms with E-state index in [0.717, 1.165) is 18.2 Å². The van der Waals surface area contributed by atoms with E-state index in [1.54, 1.807) is 0 Å². The molecule has 0 saturated carbocycles. The Labute approximate surface area is 139 Å². The molecule has 0 bridgehead atoms. The molecule has 0 N–H and O–H groups in total. The van der Waals surface area contributed by atoms with Crippen LogP contribution in [0.3, 0.4) is 0 Å². The molecule has 1 aromatic rings. The molecule has 22 heavy (non-hydrogen) atoms. The number of hydrogen-bond donors (Lipinski definition) is 0. The van der Waals surface area contributed by atoms with E-state index in [1.807, 2.05) is 19.2 Å². The largest absolute Gasteiger partial charge is 0.384 e. The van der Waals surface area contributed by atoms with Gasteiger partial charge in [-0.15, -0.1) is 0 Å². The second-order valence-corrected chi connectivity index (χ2v) is 7.49. The van der Waals surface area contributed by atoms with Gasteiger partial charge in [0, 0.05) is 37.7 Å². The normalized spacial score (nSPS) is 25.9. The van der Waals surface area contributed by atoms with Crippen LogP contribution in [0.4, 0.5) is 0 Å². The van der Waals surface area contributed by atoms with Gasteiger partial charge in [-0.25, -0.2) is 0 Å². The molecule has 3 rings (SSSR count). The van der Waals surface area contributed by atoms with Crippen LogP contribution in [-0.4, -0.2) is 56.7 Å². The monoisotopic (exact) mass is 322 g/mol. The van der Waals surface area contributed by atoms with Crippen LogP contribution in [-0.2, 0) is 11.3 Å². The van der Waals surface area contributed by atoms with Crippen LogP contribution in [0.2, 0.25) is 5.02 Å². The van der Waals surface area contributed by atoms with Crippen molar-refractivity contribution in [3.05, 3.63) is 34.9 Å².